The van der Waals surface area contributed by atoms with Crippen molar-refractivity contribution in [3.05, 3.63) is 94.0 Å². The summed E-state index contributed by atoms with van der Waals surface area (Å²) in [4.78, 5) is 29.6. The molecule has 5 aromatic carbocycles. The van der Waals surface area contributed by atoms with E-state index in [2.05, 4.69) is 166 Å². The molecule has 0 saturated heterocycles. The Morgan fingerprint density at radius 2 is 0.677 bits per heavy atom. The predicted octanol–water partition coefficient (Wildman–Crippen LogP) is 15.1. The van der Waals surface area contributed by atoms with E-state index < -0.39 is 10.8 Å². The molecule has 4 bridgehead atoms. The number of rotatable bonds is 0. The monoisotopic (exact) mass is 816 g/mol. The van der Waals surface area contributed by atoms with Crippen molar-refractivity contribution in [1.82, 2.24) is 8.80 Å². The molecule has 62 heavy (non-hydrogen) atoms. The van der Waals surface area contributed by atoms with Crippen LogP contribution in [0, 0.1) is 21.7 Å². The van der Waals surface area contributed by atoms with Crippen LogP contribution in [0.15, 0.2) is 60.7 Å². The minimum absolute atomic E-state index is 0.0702. The first-order valence-corrected chi connectivity index (χ1v) is 23.4. The minimum atomic E-state index is -0.391. The normalized spacial score (nSPS) is 28.2. The molecule has 2 fully saturated rings. The standard InChI is InChI=1S/C58H60N2O2/c1-51(2,3)29-19-35-31-23-41-39(49(61)57(13)17-15-55(41,11)53(57,7)8)27-45(31)59-43-26-34-38-22-30(52(4,5)6)20-36-32-24-42-40(50(62)58(14)18-16-56(42,12)54(58,9)10)28-46(32)60(48(36)38)44(34)25-33(43)37(21-29)47(35)59/h19-28H,15-18H2,1-14H3. The maximum Gasteiger partial charge on any atom is 0.169 e. The first-order valence-electron chi connectivity index (χ1n) is 23.4. The van der Waals surface area contributed by atoms with Gasteiger partial charge in [-0.15, -0.1) is 0 Å². The summed E-state index contributed by atoms with van der Waals surface area (Å²) in [6.45, 7) is 32.6. The lowest BCUT2D eigenvalue weighted by molar-refractivity contribution is 0.0404. The summed E-state index contributed by atoms with van der Waals surface area (Å²) in [7, 11) is 0. The summed E-state index contributed by atoms with van der Waals surface area (Å²) in [5.74, 6) is 0.617. The molecule has 0 N–H and O–H groups in total. The summed E-state index contributed by atoms with van der Waals surface area (Å²) in [6, 6.07) is 24.2. The molecule has 4 aliphatic rings. The SMILES string of the molecule is CC(C)(C)c1cc2c3cc4c(cc3n3c5cc6c7cc(C(C)(C)C)cc8c9cc%10c(cc9n(c6cc5c(c1)c23)c87)C(=O)C1(C)CCC%10(C)C1(C)C)C(=O)C1(C)CCC4(C)C1(C)C. The molecule has 4 aliphatic carbocycles. The van der Waals surface area contributed by atoms with Crippen LogP contribution in [-0.2, 0) is 21.7 Å². The van der Waals surface area contributed by atoms with Gasteiger partial charge in [0.1, 0.15) is 0 Å². The highest BCUT2D eigenvalue weighted by Gasteiger charge is 2.67. The Kier molecular flexibility index (Phi) is 6.18. The van der Waals surface area contributed by atoms with Gasteiger partial charge >= 0.3 is 0 Å². The second-order valence-corrected chi connectivity index (χ2v) is 25.0. The molecule has 4 aromatic heterocycles. The number of carbonyl (C=O) groups excluding carboxylic acids is 2. The zero-order valence-electron chi connectivity index (χ0n) is 39.3. The van der Waals surface area contributed by atoms with Crippen molar-refractivity contribution in [2.24, 2.45) is 21.7 Å². The van der Waals surface area contributed by atoms with Crippen molar-refractivity contribution in [2.75, 3.05) is 0 Å². The highest BCUT2D eigenvalue weighted by Crippen LogP contribution is 2.69. The molecule has 4 heterocycles. The van der Waals surface area contributed by atoms with Gasteiger partial charge in [-0.1, -0.05) is 96.9 Å². The fourth-order valence-electron chi connectivity index (χ4n) is 14.6. The molecule has 2 saturated carbocycles. The van der Waals surface area contributed by atoms with E-state index in [1.807, 2.05) is 0 Å². The fraction of sp³-hybridized carbons (Fsp3) is 0.448. The second kappa shape index (κ2) is 10.2. The Labute approximate surface area is 364 Å². The van der Waals surface area contributed by atoms with E-state index in [0.29, 0.717) is 11.6 Å². The zero-order valence-corrected chi connectivity index (χ0v) is 39.3. The van der Waals surface area contributed by atoms with Crippen LogP contribution < -0.4 is 0 Å². The molecule has 4 heteroatoms. The number of ketones is 2. The minimum Gasteiger partial charge on any atom is -0.308 e. The summed E-state index contributed by atoms with van der Waals surface area (Å²) >= 11 is 0. The second-order valence-electron chi connectivity index (χ2n) is 25.0. The number of hydrogen-bond acceptors (Lipinski definition) is 2. The molecule has 9 aromatic rings. The number of carbonyl (C=O) groups is 2. The first-order chi connectivity index (χ1) is 28.8. The van der Waals surface area contributed by atoms with Crippen LogP contribution >= 0.6 is 0 Å². The van der Waals surface area contributed by atoms with Crippen molar-refractivity contribution in [3.63, 3.8) is 0 Å². The molecule has 13 rings (SSSR count). The van der Waals surface area contributed by atoms with Crippen LogP contribution in [0.4, 0.5) is 0 Å². The van der Waals surface area contributed by atoms with Gasteiger partial charge < -0.3 is 8.80 Å². The van der Waals surface area contributed by atoms with E-state index in [9.17, 15) is 9.59 Å². The maximum absolute atomic E-state index is 14.8. The van der Waals surface area contributed by atoms with Crippen molar-refractivity contribution in [3.8, 4) is 0 Å². The van der Waals surface area contributed by atoms with Gasteiger partial charge in [0.05, 0.1) is 33.1 Å². The zero-order chi connectivity index (χ0) is 43.8. The quantitative estimate of drug-likeness (QED) is 0.153. The Hall–Kier alpha value is -4.96. The lowest BCUT2D eigenvalue weighted by atomic mass is 9.51. The number of benzene rings is 5. The topological polar surface area (TPSA) is 43.0 Å². The van der Waals surface area contributed by atoms with Crippen molar-refractivity contribution < 1.29 is 9.59 Å². The molecule has 0 amide bonds. The Bertz CT molecular complexity index is 3410. The van der Waals surface area contributed by atoms with Crippen LogP contribution in [0.3, 0.4) is 0 Å². The largest absolute Gasteiger partial charge is 0.308 e. The van der Waals surface area contributed by atoms with Crippen LogP contribution in [0.2, 0.25) is 0 Å². The first kappa shape index (κ1) is 37.6. The third-order valence-electron chi connectivity index (χ3n) is 20.4. The molecular formula is C58H60N2O2. The number of hydrogen-bond donors (Lipinski definition) is 0. The average Bonchev–Trinajstić information content (AvgIpc) is 3.96. The third kappa shape index (κ3) is 3.68. The van der Waals surface area contributed by atoms with Gasteiger partial charge in [0.2, 0.25) is 0 Å². The summed E-state index contributed by atoms with van der Waals surface area (Å²) in [6.07, 6.45) is 3.90. The van der Waals surface area contributed by atoms with E-state index in [4.69, 9.17) is 0 Å². The molecule has 0 radical (unpaired) electrons. The average molecular weight is 817 g/mol. The Morgan fingerprint density at radius 3 is 1.00 bits per heavy atom. The maximum atomic E-state index is 14.8. The summed E-state index contributed by atoms with van der Waals surface area (Å²) in [5, 5.41) is 10.0. The number of nitrogens with zero attached hydrogens (tertiary/aromatic N) is 2. The van der Waals surface area contributed by atoms with E-state index in [-0.39, 0.29) is 32.5 Å². The number of Topliss-reactive ketones (excluding diaryl/α,β-unsaturated/α-hetero) is 2. The fourth-order valence-corrected chi connectivity index (χ4v) is 14.6. The van der Waals surface area contributed by atoms with Gasteiger partial charge in [0.15, 0.2) is 11.6 Å². The summed E-state index contributed by atoms with van der Waals surface area (Å²) in [5.41, 5.74) is 12.7. The van der Waals surface area contributed by atoms with Crippen LogP contribution in [0.1, 0.15) is 166 Å². The van der Waals surface area contributed by atoms with Gasteiger partial charge in [0, 0.05) is 65.0 Å². The van der Waals surface area contributed by atoms with Gasteiger partial charge in [-0.2, -0.15) is 0 Å². The molecule has 0 aliphatic heterocycles. The Morgan fingerprint density at radius 1 is 0.387 bits per heavy atom. The van der Waals surface area contributed by atoms with E-state index in [1.165, 1.54) is 87.4 Å². The van der Waals surface area contributed by atoms with Crippen LogP contribution in [0.5, 0.6) is 0 Å². The van der Waals surface area contributed by atoms with Gasteiger partial charge in [-0.25, -0.2) is 0 Å². The lowest BCUT2D eigenvalue weighted by Gasteiger charge is -2.51. The van der Waals surface area contributed by atoms with E-state index in [1.54, 1.807) is 0 Å². The van der Waals surface area contributed by atoms with Gasteiger partial charge in [-0.05, 0) is 141 Å². The molecule has 4 nitrogen and oxygen atoms in total. The van der Waals surface area contributed by atoms with Crippen molar-refractivity contribution >= 4 is 87.8 Å². The predicted molar refractivity (Wildman–Crippen MR) is 259 cm³/mol. The van der Waals surface area contributed by atoms with Gasteiger partial charge in [-0.3, -0.25) is 9.59 Å². The highest BCUT2D eigenvalue weighted by atomic mass is 16.1. The van der Waals surface area contributed by atoms with Crippen molar-refractivity contribution in [1.29, 1.82) is 0 Å². The molecule has 4 atom stereocenters. The number of fused-ring (bicyclic) bond motifs is 20. The van der Waals surface area contributed by atoms with E-state index >= 15 is 0 Å². The highest BCUT2D eigenvalue weighted by molar-refractivity contribution is 6.30. The summed E-state index contributed by atoms with van der Waals surface area (Å²) < 4.78 is 5.01. The molecular weight excluding hydrogens is 757 g/mol. The lowest BCUT2D eigenvalue weighted by Crippen LogP contribution is -2.51. The van der Waals surface area contributed by atoms with E-state index in [0.717, 1.165) is 47.8 Å². The van der Waals surface area contributed by atoms with Crippen LogP contribution in [-0.4, -0.2) is 20.4 Å². The number of aromatic nitrogens is 2. The van der Waals surface area contributed by atoms with Crippen molar-refractivity contribution in [2.45, 2.75) is 144 Å². The third-order valence-corrected chi connectivity index (χ3v) is 20.4. The molecule has 0 spiro atoms. The van der Waals surface area contributed by atoms with Crippen LogP contribution in [0.25, 0.3) is 76.2 Å². The molecule has 314 valence electrons. The van der Waals surface area contributed by atoms with Gasteiger partial charge in [0.25, 0.3) is 0 Å². The Balaban J connectivity index is 1.20. The smallest absolute Gasteiger partial charge is 0.169 e. The molecule has 4 unspecified atom stereocenters.